The van der Waals surface area contributed by atoms with Crippen molar-refractivity contribution in [3.8, 4) is 0 Å². The summed E-state index contributed by atoms with van der Waals surface area (Å²) in [6.45, 7) is 14.1. The van der Waals surface area contributed by atoms with Gasteiger partial charge in [0.15, 0.2) is 0 Å². The lowest BCUT2D eigenvalue weighted by Crippen LogP contribution is -2.45. The average Bonchev–Trinajstić information content (AvgIpc) is 2.74. The van der Waals surface area contributed by atoms with Gasteiger partial charge in [0.2, 0.25) is 0 Å². The Balaban J connectivity index is 0.000000303. The fourth-order valence-corrected chi connectivity index (χ4v) is 4.57. The van der Waals surface area contributed by atoms with Crippen molar-refractivity contribution in [3.05, 3.63) is 10.4 Å². The quantitative estimate of drug-likeness (QED) is 0.172. The Labute approximate surface area is 186 Å². The number of nitrogens with zero attached hydrogens (tertiary/aromatic N) is 3. The van der Waals surface area contributed by atoms with Crippen molar-refractivity contribution in [3.63, 3.8) is 0 Å². The van der Waals surface area contributed by atoms with Gasteiger partial charge in [0.05, 0.1) is 12.2 Å². The van der Waals surface area contributed by atoms with E-state index in [1.54, 1.807) is 0 Å². The van der Waals surface area contributed by atoms with Gasteiger partial charge in [-0.3, -0.25) is 9.59 Å². The number of carbonyl (C=O) groups excluding carboxylic acids is 2. The number of azide groups is 1. The third kappa shape index (κ3) is 7.11. The highest BCUT2D eigenvalue weighted by Gasteiger charge is 2.39. The lowest BCUT2D eigenvalue weighted by molar-refractivity contribution is -0.160. The van der Waals surface area contributed by atoms with Gasteiger partial charge in [-0.2, -0.15) is 0 Å². The second-order valence-corrected chi connectivity index (χ2v) is 9.21. The van der Waals surface area contributed by atoms with Gasteiger partial charge in [0.1, 0.15) is 24.5 Å². The maximum Gasteiger partial charge on any atom is 0.293 e. The Morgan fingerprint density at radius 2 is 1.30 bits per heavy atom. The van der Waals surface area contributed by atoms with E-state index in [-0.39, 0.29) is 35.7 Å². The number of carbonyl (C=O) groups is 2. The van der Waals surface area contributed by atoms with Crippen molar-refractivity contribution in [1.82, 2.24) is 0 Å². The minimum atomic E-state index is -0.476. The fraction of sp³-hybridized carbons (Fsp3) is 0.900. The van der Waals surface area contributed by atoms with Gasteiger partial charge in [-0.1, -0.05) is 62.6 Å². The maximum atomic E-state index is 10.1. The van der Waals surface area contributed by atoms with Crippen LogP contribution in [-0.2, 0) is 28.5 Å². The van der Waals surface area contributed by atoms with Crippen LogP contribution in [0.3, 0.4) is 0 Å². The molecule has 0 spiro atoms. The van der Waals surface area contributed by atoms with Crippen LogP contribution in [-0.4, -0.2) is 49.6 Å². The van der Waals surface area contributed by atoms with E-state index in [0.29, 0.717) is 43.2 Å². The zero-order valence-electron chi connectivity index (χ0n) is 18.5. The van der Waals surface area contributed by atoms with Crippen LogP contribution in [0.4, 0.5) is 0 Å². The molecule has 0 aromatic carbocycles. The van der Waals surface area contributed by atoms with Crippen LogP contribution >= 0.6 is 15.9 Å². The van der Waals surface area contributed by atoms with E-state index in [2.05, 4.69) is 53.7 Å². The van der Waals surface area contributed by atoms with Crippen LogP contribution in [0.15, 0.2) is 5.11 Å². The predicted octanol–water partition coefficient (Wildman–Crippen LogP) is 4.29. The molecule has 0 bridgehead atoms. The fourth-order valence-electron chi connectivity index (χ4n) is 3.81. The van der Waals surface area contributed by atoms with Crippen molar-refractivity contribution >= 4 is 28.9 Å². The number of ether oxygens (including phenoxy) is 4. The van der Waals surface area contributed by atoms with Crippen LogP contribution in [0, 0.1) is 35.5 Å². The van der Waals surface area contributed by atoms with Gasteiger partial charge in [-0.05, 0) is 41.0 Å². The molecule has 2 aliphatic heterocycles. The molecule has 0 amide bonds. The molecule has 30 heavy (non-hydrogen) atoms. The lowest BCUT2D eigenvalue weighted by atomic mass is 9.78. The van der Waals surface area contributed by atoms with Crippen LogP contribution in [0.5, 0.6) is 0 Å². The summed E-state index contributed by atoms with van der Waals surface area (Å²) in [5.74, 6) is 2.24. The summed E-state index contributed by atoms with van der Waals surface area (Å²) in [4.78, 5) is 23.0. The largest absolute Gasteiger partial charge is 0.465 e. The molecule has 2 rings (SSSR count). The first kappa shape index (κ1) is 26.7. The summed E-state index contributed by atoms with van der Waals surface area (Å²) >= 11 is 3.49. The minimum Gasteiger partial charge on any atom is -0.465 e. The van der Waals surface area contributed by atoms with Crippen molar-refractivity contribution in [2.45, 2.75) is 65.0 Å². The Kier molecular flexibility index (Phi) is 11.7. The molecule has 0 aromatic heterocycles. The molecular formula is C20H34BrN3O6. The summed E-state index contributed by atoms with van der Waals surface area (Å²) in [5, 5.41) is 3.69. The summed E-state index contributed by atoms with van der Waals surface area (Å²) in [6, 6.07) is 0. The smallest absolute Gasteiger partial charge is 0.293 e. The molecule has 0 aromatic rings. The summed E-state index contributed by atoms with van der Waals surface area (Å²) in [5.41, 5.74) is 8.44. The third-order valence-corrected chi connectivity index (χ3v) is 7.84. The number of hydrogen-bond donors (Lipinski definition) is 0. The maximum absolute atomic E-state index is 10.1. The SMILES string of the molecule is CC1[C@@H](C)[C@H](C)C(COC=O)O[C@@H]1Br.CC1[C@H](N=[N+]=[N-])OC(COC=O)[C@@H](C)[C@@H]1C. The second-order valence-electron chi connectivity index (χ2n) is 8.31. The van der Waals surface area contributed by atoms with Crippen molar-refractivity contribution in [1.29, 1.82) is 0 Å². The molecule has 0 saturated carbocycles. The zero-order chi connectivity index (χ0) is 22.8. The van der Waals surface area contributed by atoms with Gasteiger partial charge < -0.3 is 18.9 Å². The lowest BCUT2D eigenvalue weighted by Gasteiger charge is -2.41. The molecule has 2 aliphatic rings. The predicted molar refractivity (Wildman–Crippen MR) is 114 cm³/mol. The van der Waals surface area contributed by atoms with E-state index in [1.807, 2.05) is 13.8 Å². The highest BCUT2D eigenvalue weighted by atomic mass is 79.9. The summed E-state index contributed by atoms with van der Waals surface area (Å²) in [7, 11) is 0. The number of rotatable bonds is 7. The van der Waals surface area contributed by atoms with E-state index in [0.717, 1.165) is 0 Å². The van der Waals surface area contributed by atoms with E-state index < -0.39 is 6.23 Å². The second kappa shape index (κ2) is 13.1. The van der Waals surface area contributed by atoms with Crippen LogP contribution in [0.1, 0.15) is 41.5 Å². The van der Waals surface area contributed by atoms with Gasteiger partial charge in [0.25, 0.3) is 12.9 Å². The van der Waals surface area contributed by atoms with Crippen LogP contribution in [0.25, 0.3) is 10.4 Å². The normalized spacial score (nSPS) is 40.8. The van der Waals surface area contributed by atoms with Crippen molar-refractivity contribution < 1.29 is 28.5 Å². The molecule has 172 valence electrons. The molecule has 0 aliphatic carbocycles. The minimum absolute atomic E-state index is 0.00998. The average molecular weight is 492 g/mol. The Bertz CT molecular complexity index is 591. The van der Waals surface area contributed by atoms with Crippen LogP contribution in [0.2, 0.25) is 0 Å². The van der Waals surface area contributed by atoms with Gasteiger partial charge in [0, 0.05) is 4.91 Å². The molecule has 2 saturated heterocycles. The Hall–Kier alpha value is -1.35. The zero-order valence-corrected chi connectivity index (χ0v) is 20.1. The van der Waals surface area contributed by atoms with E-state index in [9.17, 15) is 9.59 Å². The first-order valence-electron chi connectivity index (χ1n) is 10.3. The van der Waals surface area contributed by atoms with Crippen molar-refractivity contribution in [2.24, 2.45) is 40.6 Å². The van der Waals surface area contributed by atoms with Crippen molar-refractivity contribution in [2.75, 3.05) is 13.2 Å². The molecule has 0 radical (unpaired) electrons. The van der Waals surface area contributed by atoms with Gasteiger partial charge in [-0.25, -0.2) is 0 Å². The molecule has 9 nitrogen and oxygen atoms in total. The molecule has 2 heterocycles. The highest BCUT2D eigenvalue weighted by Crippen LogP contribution is 2.37. The third-order valence-electron chi connectivity index (χ3n) is 6.79. The topological polar surface area (TPSA) is 120 Å². The molecule has 10 atom stereocenters. The van der Waals surface area contributed by atoms with E-state index >= 15 is 0 Å². The standard InChI is InChI=1S/C10H17BrO3.C10H17N3O3/c1-6-7(2)9(4-13-5-12)14-10(11)8(6)3;1-6-7(2)9(4-15-5-14)16-10(8(6)3)12-13-11/h5-10H,4H2,1-3H3;5-10H,4H2,1-3H3/t6-,7-,8?,9?,10-;6-,7-,8?,9?,10+/m00/s1. The Morgan fingerprint density at radius 1 is 0.833 bits per heavy atom. The molecular weight excluding hydrogens is 458 g/mol. The van der Waals surface area contributed by atoms with E-state index in [4.69, 9.17) is 24.5 Å². The molecule has 4 unspecified atom stereocenters. The summed E-state index contributed by atoms with van der Waals surface area (Å²) < 4.78 is 20.8. The first-order chi connectivity index (χ1) is 14.2. The van der Waals surface area contributed by atoms with Gasteiger partial charge in [-0.15, -0.1) is 0 Å². The highest BCUT2D eigenvalue weighted by molar-refractivity contribution is 9.09. The Morgan fingerprint density at radius 3 is 1.77 bits per heavy atom. The molecule has 0 N–H and O–H groups in total. The monoisotopic (exact) mass is 491 g/mol. The van der Waals surface area contributed by atoms with Gasteiger partial charge >= 0.3 is 0 Å². The molecule has 2 fully saturated rings. The molecule has 10 heteroatoms. The summed E-state index contributed by atoms with van der Waals surface area (Å²) in [6.07, 6.45) is -0.667. The van der Waals surface area contributed by atoms with E-state index in [1.165, 1.54) is 0 Å². The number of hydrogen-bond acceptors (Lipinski definition) is 7. The number of halogens is 1. The van der Waals surface area contributed by atoms with Crippen LogP contribution < -0.4 is 0 Å². The first-order valence-corrected chi connectivity index (χ1v) is 11.2. The number of alkyl halides is 1.